The Hall–Kier alpha value is -2.81. The minimum Gasteiger partial charge on any atom is -0.497 e. The van der Waals surface area contributed by atoms with E-state index in [0.29, 0.717) is 31.3 Å². The zero-order valence-electron chi connectivity index (χ0n) is 17.4. The number of imidazole rings is 1. The monoisotopic (exact) mass is 443 g/mol. The van der Waals surface area contributed by atoms with E-state index < -0.39 is 0 Å². The van der Waals surface area contributed by atoms with Crippen molar-refractivity contribution in [1.82, 2.24) is 24.9 Å². The van der Waals surface area contributed by atoms with Crippen molar-refractivity contribution in [3.8, 4) is 5.75 Å². The third-order valence-electron chi connectivity index (χ3n) is 5.34. The van der Waals surface area contributed by atoms with E-state index >= 15 is 0 Å². The zero-order chi connectivity index (χ0) is 21.6. The number of urea groups is 1. The average Bonchev–Trinajstić information content (AvgIpc) is 3.21. The van der Waals surface area contributed by atoms with Gasteiger partial charge in [0.15, 0.2) is 0 Å². The number of nitrogens with zero attached hydrogens (tertiary/aromatic N) is 3. The van der Waals surface area contributed by atoms with Gasteiger partial charge in [0, 0.05) is 32.0 Å². The molecular weight excluding hydrogens is 418 g/mol. The average molecular weight is 444 g/mol. The van der Waals surface area contributed by atoms with E-state index in [1.54, 1.807) is 19.4 Å². The molecule has 0 aliphatic carbocycles. The summed E-state index contributed by atoms with van der Waals surface area (Å²) in [6, 6.07) is 11.4. The van der Waals surface area contributed by atoms with Crippen LogP contribution in [0.5, 0.6) is 5.75 Å². The molecule has 31 heavy (non-hydrogen) atoms. The molecule has 2 aromatic heterocycles. The molecule has 0 bridgehead atoms. The fourth-order valence-corrected chi connectivity index (χ4v) is 3.87. The van der Waals surface area contributed by atoms with E-state index in [4.69, 9.17) is 21.1 Å². The smallest absolute Gasteiger partial charge is 0.315 e. The van der Waals surface area contributed by atoms with Gasteiger partial charge in [-0.3, -0.25) is 4.90 Å². The maximum atomic E-state index is 12.5. The van der Waals surface area contributed by atoms with Crippen LogP contribution >= 0.6 is 11.6 Å². The predicted octanol–water partition coefficient (Wildman–Crippen LogP) is 2.87. The van der Waals surface area contributed by atoms with E-state index in [9.17, 15) is 4.79 Å². The number of carbonyl (C=O) groups is 1. The van der Waals surface area contributed by atoms with E-state index in [1.165, 1.54) is 0 Å². The molecule has 9 heteroatoms. The SMILES string of the molecule is COc1ccc(C(CNC(=O)NCc2cn3cc(Cl)ccc3n2)N2CCOCC2)cc1. The minimum absolute atomic E-state index is 0.0536. The number of aromatic nitrogens is 2. The quantitative estimate of drug-likeness (QED) is 0.587. The van der Waals surface area contributed by atoms with Crippen LogP contribution in [0.2, 0.25) is 5.02 Å². The molecular formula is C22H26ClN5O3. The molecule has 8 nitrogen and oxygen atoms in total. The normalized spacial score (nSPS) is 15.5. The molecule has 1 aliphatic rings. The van der Waals surface area contributed by atoms with Gasteiger partial charge in [-0.1, -0.05) is 23.7 Å². The van der Waals surface area contributed by atoms with Gasteiger partial charge in [-0.15, -0.1) is 0 Å². The number of amides is 2. The third kappa shape index (κ3) is 5.46. The number of carbonyl (C=O) groups excluding carboxylic acids is 1. The summed E-state index contributed by atoms with van der Waals surface area (Å²) in [6.45, 7) is 3.84. The number of nitrogens with one attached hydrogen (secondary N) is 2. The maximum absolute atomic E-state index is 12.5. The van der Waals surface area contributed by atoms with Crippen LogP contribution in [0.3, 0.4) is 0 Å². The minimum atomic E-state index is -0.234. The van der Waals surface area contributed by atoms with Crippen LogP contribution in [0.4, 0.5) is 4.79 Å². The lowest BCUT2D eigenvalue weighted by Gasteiger charge is -2.35. The first kappa shape index (κ1) is 21.4. The van der Waals surface area contributed by atoms with Crippen LogP contribution in [-0.2, 0) is 11.3 Å². The number of rotatable bonds is 7. The molecule has 1 aliphatic heterocycles. The molecule has 0 saturated carbocycles. The lowest BCUT2D eigenvalue weighted by atomic mass is 10.0. The second kappa shape index (κ2) is 10.00. The van der Waals surface area contributed by atoms with Gasteiger partial charge in [-0.2, -0.15) is 0 Å². The zero-order valence-corrected chi connectivity index (χ0v) is 18.1. The Morgan fingerprint density at radius 2 is 1.94 bits per heavy atom. The lowest BCUT2D eigenvalue weighted by Crippen LogP contribution is -2.45. The van der Waals surface area contributed by atoms with Gasteiger partial charge >= 0.3 is 6.03 Å². The third-order valence-corrected chi connectivity index (χ3v) is 5.56. The summed E-state index contributed by atoms with van der Waals surface area (Å²) in [4.78, 5) is 19.3. The number of ether oxygens (including phenoxy) is 2. The Bertz CT molecular complexity index is 1020. The Morgan fingerprint density at radius 1 is 1.16 bits per heavy atom. The summed E-state index contributed by atoms with van der Waals surface area (Å²) in [5.41, 5.74) is 2.67. The van der Waals surface area contributed by atoms with Gasteiger partial charge in [-0.25, -0.2) is 9.78 Å². The molecule has 0 radical (unpaired) electrons. The molecule has 2 amide bonds. The van der Waals surface area contributed by atoms with Crippen molar-refractivity contribution in [2.24, 2.45) is 0 Å². The Morgan fingerprint density at radius 3 is 2.68 bits per heavy atom. The number of hydrogen-bond donors (Lipinski definition) is 2. The lowest BCUT2D eigenvalue weighted by molar-refractivity contribution is 0.0167. The van der Waals surface area contributed by atoms with Crippen molar-refractivity contribution in [1.29, 1.82) is 0 Å². The van der Waals surface area contributed by atoms with Gasteiger partial charge in [0.2, 0.25) is 0 Å². The highest BCUT2D eigenvalue weighted by atomic mass is 35.5. The number of hydrogen-bond acceptors (Lipinski definition) is 5. The highest BCUT2D eigenvalue weighted by molar-refractivity contribution is 6.30. The van der Waals surface area contributed by atoms with Gasteiger partial charge in [0.1, 0.15) is 11.4 Å². The van der Waals surface area contributed by atoms with Gasteiger partial charge < -0.3 is 24.5 Å². The summed E-state index contributed by atoms with van der Waals surface area (Å²) in [7, 11) is 1.65. The highest BCUT2D eigenvalue weighted by Gasteiger charge is 2.23. The summed E-state index contributed by atoms with van der Waals surface area (Å²) < 4.78 is 12.6. The molecule has 1 saturated heterocycles. The molecule has 2 N–H and O–H groups in total. The molecule has 1 aromatic carbocycles. The standard InChI is InChI=1S/C22H26ClN5O3/c1-30-19-5-2-16(3-6-19)20(27-8-10-31-11-9-27)13-25-22(29)24-12-18-15-28-14-17(23)4-7-21(28)26-18/h2-7,14-15,20H,8-13H2,1H3,(H2,24,25,29). The van der Waals surface area contributed by atoms with Gasteiger partial charge in [-0.05, 0) is 29.8 Å². The van der Waals surface area contributed by atoms with Crippen LogP contribution in [-0.4, -0.2) is 60.3 Å². The first-order valence-corrected chi connectivity index (χ1v) is 10.6. The molecule has 3 heterocycles. The van der Waals surface area contributed by atoms with Crippen LogP contribution in [0.15, 0.2) is 48.8 Å². The number of fused-ring (bicyclic) bond motifs is 1. The molecule has 1 unspecified atom stereocenters. The van der Waals surface area contributed by atoms with Crippen molar-refractivity contribution in [3.63, 3.8) is 0 Å². The Labute approximate surface area is 186 Å². The van der Waals surface area contributed by atoms with E-state index in [1.807, 2.05) is 40.9 Å². The highest BCUT2D eigenvalue weighted by Crippen LogP contribution is 2.23. The molecule has 1 fully saturated rings. The van der Waals surface area contributed by atoms with E-state index in [-0.39, 0.29) is 12.1 Å². The fourth-order valence-electron chi connectivity index (χ4n) is 3.70. The largest absolute Gasteiger partial charge is 0.497 e. The summed E-state index contributed by atoms with van der Waals surface area (Å²) in [6.07, 6.45) is 3.64. The van der Waals surface area contributed by atoms with Crippen molar-refractivity contribution >= 4 is 23.3 Å². The summed E-state index contributed by atoms with van der Waals surface area (Å²) >= 11 is 6.01. The van der Waals surface area contributed by atoms with E-state index in [2.05, 4.69) is 20.5 Å². The molecule has 3 aromatic rings. The Kier molecular flexibility index (Phi) is 6.91. The number of pyridine rings is 1. The van der Waals surface area contributed by atoms with Gasteiger partial charge in [0.25, 0.3) is 0 Å². The van der Waals surface area contributed by atoms with E-state index in [0.717, 1.165) is 35.7 Å². The van der Waals surface area contributed by atoms with Crippen molar-refractivity contribution in [2.45, 2.75) is 12.6 Å². The molecule has 164 valence electrons. The number of methoxy groups -OCH3 is 1. The predicted molar refractivity (Wildman–Crippen MR) is 119 cm³/mol. The first-order valence-electron chi connectivity index (χ1n) is 10.2. The first-order chi connectivity index (χ1) is 15.1. The fraction of sp³-hybridized carbons (Fsp3) is 0.364. The molecule has 4 rings (SSSR count). The van der Waals surface area contributed by atoms with Crippen molar-refractivity contribution in [2.75, 3.05) is 40.0 Å². The Balaban J connectivity index is 1.36. The summed E-state index contributed by atoms with van der Waals surface area (Å²) in [5, 5.41) is 6.52. The second-order valence-corrected chi connectivity index (χ2v) is 7.78. The van der Waals surface area contributed by atoms with Crippen LogP contribution in [0.1, 0.15) is 17.3 Å². The van der Waals surface area contributed by atoms with Crippen LogP contribution in [0.25, 0.3) is 5.65 Å². The molecule has 1 atom stereocenters. The number of benzene rings is 1. The summed E-state index contributed by atoms with van der Waals surface area (Å²) in [5.74, 6) is 0.809. The number of halogens is 1. The van der Waals surface area contributed by atoms with Gasteiger partial charge in [0.05, 0.1) is 43.6 Å². The molecule has 0 spiro atoms. The number of morpholine rings is 1. The van der Waals surface area contributed by atoms with Crippen molar-refractivity contribution < 1.29 is 14.3 Å². The maximum Gasteiger partial charge on any atom is 0.315 e. The topological polar surface area (TPSA) is 80.1 Å². The van der Waals surface area contributed by atoms with Crippen LogP contribution < -0.4 is 15.4 Å². The second-order valence-electron chi connectivity index (χ2n) is 7.35. The van der Waals surface area contributed by atoms with Crippen LogP contribution in [0, 0.1) is 0 Å². The van der Waals surface area contributed by atoms with Crippen molar-refractivity contribution in [3.05, 3.63) is 65.1 Å².